The number of hydrogen-bond donors (Lipinski definition) is 0. The van der Waals surface area contributed by atoms with Crippen LogP contribution in [0.1, 0.15) is 23.4 Å². The summed E-state index contributed by atoms with van der Waals surface area (Å²) in [7, 11) is 0. The number of alkyl halides is 1. The van der Waals surface area contributed by atoms with Gasteiger partial charge < -0.3 is 0 Å². The van der Waals surface area contributed by atoms with Crippen molar-refractivity contribution in [3.05, 3.63) is 71.8 Å². The largest absolute Gasteiger partial charge is 0.298 e. The molecule has 0 N–H and O–H groups in total. The maximum Gasteiger partial charge on any atom is 0.0712 e. The smallest absolute Gasteiger partial charge is 0.0712 e. The maximum atomic E-state index is 6.50. The fraction of sp³-hybridized carbons (Fsp3) is 0.294. The topological polar surface area (TPSA) is 3.24 Å². The van der Waals surface area contributed by atoms with Crippen molar-refractivity contribution in [2.75, 3.05) is 13.1 Å². The summed E-state index contributed by atoms with van der Waals surface area (Å²) in [4.78, 5) is 2.38. The van der Waals surface area contributed by atoms with Crippen molar-refractivity contribution in [3.63, 3.8) is 0 Å². The molecule has 2 aromatic rings. The van der Waals surface area contributed by atoms with Crippen LogP contribution in [0.4, 0.5) is 0 Å². The molecule has 1 atom stereocenters. The molecule has 100 valence electrons. The highest BCUT2D eigenvalue weighted by molar-refractivity contribution is 6.21. The first-order chi connectivity index (χ1) is 9.29. The van der Waals surface area contributed by atoms with Gasteiger partial charge in [-0.25, -0.2) is 0 Å². The lowest BCUT2D eigenvalue weighted by Crippen LogP contribution is -2.26. The van der Waals surface area contributed by atoms with Crippen LogP contribution in [0.3, 0.4) is 0 Å². The summed E-state index contributed by atoms with van der Waals surface area (Å²) in [5, 5.41) is 0.0462. The Morgan fingerprint density at radius 1 is 0.947 bits per heavy atom. The fourth-order valence-electron chi connectivity index (χ4n) is 2.14. The monoisotopic (exact) mass is 273 g/mol. The number of halogens is 1. The minimum atomic E-state index is 0.0462. The SMILES string of the molecule is CCN(Cc1ccccc1)CC(Cl)c1ccccc1. The molecule has 1 nitrogen and oxygen atoms in total. The van der Waals surface area contributed by atoms with E-state index in [-0.39, 0.29) is 5.38 Å². The normalized spacial score (nSPS) is 12.6. The molecule has 0 radical (unpaired) electrons. The predicted octanol–water partition coefficient (Wildman–Crippen LogP) is 4.49. The quantitative estimate of drug-likeness (QED) is 0.701. The summed E-state index contributed by atoms with van der Waals surface area (Å²) in [6.45, 7) is 5.01. The van der Waals surface area contributed by atoms with Gasteiger partial charge in [-0.05, 0) is 17.7 Å². The lowest BCUT2D eigenvalue weighted by atomic mass is 10.1. The summed E-state index contributed by atoms with van der Waals surface area (Å²) in [5.74, 6) is 0. The predicted molar refractivity (Wildman–Crippen MR) is 82.4 cm³/mol. The van der Waals surface area contributed by atoms with Crippen molar-refractivity contribution in [2.24, 2.45) is 0 Å². The first-order valence-electron chi connectivity index (χ1n) is 6.75. The van der Waals surface area contributed by atoms with Crippen molar-refractivity contribution in [2.45, 2.75) is 18.8 Å². The van der Waals surface area contributed by atoms with Gasteiger partial charge in [0.1, 0.15) is 0 Å². The zero-order chi connectivity index (χ0) is 13.5. The Bertz CT molecular complexity index is 469. The highest BCUT2D eigenvalue weighted by Gasteiger charge is 2.12. The Labute approximate surface area is 120 Å². The molecule has 2 heteroatoms. The molecule has 19 heavy (non-hydrogen) atoms. The van der Waals surface area contributed by atoms with Gasteiger partial charge in [-0.2, -0.15) is 0 Å². The minimum Gasteiger partial charge on any atom is -0.298 e. The Morgan fingerprint density at radius 3 is 2.11 bits per heavy atom. The van der Waals surface area contributed by atoms with Crippen LogP contribution in [0.5, 0.6) is 0 Å². The van der Waals surface area contributed by atoms with E-state index in [9.17, 15) is 0 Å². The van der Waals surface area contributed by atoms with Gasteiger partial charge in [-0.3, -0.25) is 4.90 Å². The van der Waals surface area contributed by atoms with Crippen LogP contribution < -0.4 is 0 Å². The molecular formula is C17H20ClN. The number of hydrogen-bond acceptors (Lipinski definition) is 1. The average Bonchev–Trinajstić information content (AvgIpc) is 2.48. The van der Waals surface area contributed by atoms with E-state index in [4.69, 9.17) is 11.6 Å². The van der Waals surface area contributed by atoms with Crippen LogP contribution in [-0.4, -0.2) is 18.0 Å². The van der Waals surface area contributed by atoms with Gasteiger partial charge in [0.15, 0.2) is 0 Å². The Morgan fingerprint density at radius 2 is 1.53 bits per heavy atom. The third kappa shape index (κ3) is 4.38. The molecule has 0 saturated carbocycles. The van der Waals surface area contributed by atoms with Crippen molar-refractivity contribution >= 4 is 11.6 Å². The standard InChI is InChI=1S/C17H20ClN/c1-2-19(13-15-9-5-3-6-10-15)14-17(18)16-11-7-4-8-12-16/h3-12,17H,2,13-14H2,1H3. The van der Waals surface area contributed by atoms with Crippen molar-refractivity contribution in [1.82, 2.24) is 4.90 Å². The van der Waals surface area contributed by atoms with Crippen LogP contribution in [0, 0.1) is 0 Å². The van der Waals surface area contributed by atoms with Crippen molar-refractivity contribution < 1.29 is 0 Å². The summed E-state index contributed by atoms with van der Waals surface area (Å²) in [5.41, 5.74) is 2.52. The van der Waals surface area contributed by atoms with Gasteiger partial charge in [0.25, 0.3) is 0 Å². The number of nitrogens with zero attached hydrogens (tertiary/aromatic N) is 1. The molecule has 0 heterocycles. The molecule has 2 rings (SSSR count). The lowest BCUT2D eigenvalue weighted by molar-refractivity contribution is 0.280. The second-order valence-corrected chi connectivity index (χ2v) is 5.22. The fourth-order valence-corrected chi connectivity index (χ4v) is 2.48. The second kappa shape index (κ2) is 7.32. The Hall–Kier alpha value is -1.31. The summed E-state index contributed by atoms with van der Waals surface area (Å²) >= 11 is 6.50. The van der Waals surface area contributed by atoms with Crippen LogP contribution in [0.2, 0.25) is 0 Å². The van der Waals surface area contributed by atoms with Crippen molar-refractivity contribution in [1.29, 1.82) is 0 Å². The van der Waals surface area contributed by atoms with E-state index in [1.165, 1.54) is 11.1 Å². The first kappa shape index (κ1) is 14.1. The van der Waals surface area contributed by atoms with E-state index in [2.05, 4.69) is 48.2 Å². The van der Waals surface area contributed by atoms with Gasteiger partial charge in [0.05, 0.1) is 5.38 Å². The molecule has 0 aliphatic rings. The molecular weight excluding hydrogens is 254 g/mol. The first-order valence-corrected chi connectivity index (χ1v) is 7.18. The van der Waals surface area contributed by atoms with E-state index in [0.29, 0.717) is 0 Å². The van der Waals surface area contributed by atoms with Gasteiger partial charge in [-0.15, -0.1) is 11.6 Å². The Kier molecular flexibility index (Phi) is 5.44. The average molecular weight is 274 g/mol. The zero-order valence-corrected chi connectivity index (χ0v) is 12.1. The van der Waals surface area contributed by atoms with E-state index in [1.807, 2.05) is 24.3 Å². The number of likely N-dealkylation sites (N-methyl/N-ethyl adjacent to an activating group) is 1. The molecule has 1 unspecified atom stereocenters. The summed E-state index contributed by atoms with van der Waals surface area (Å²) in [6.07, 6.45) is 0. The van der Waals surface area contributed by atoms with Crippen LogP contribution in [0.15, 0.2) is 60.7 Å². The third-order valence-electron chi connectivity index (χ3n) is 3.28. The molecule has 2 aromatic carbocycles. The molecule has 0 aliphatic carbocycles. The van der Waals surface area contributed by atoms with E-state index in [1.54, 1.807) is 0 Å². The second-order valence-electron chi connectivity index (χ2n) is 4.69. The number of rotatable bonds is 6. The summed E-state index contributed by atoms with van der Waals surface area (Å²) < 4.78 is 0. The molecule has 0 aliphatic heterocycles. The molecule has 0 fully saturated rings. The van der Waals surface area contributed by atoms with Crippen LogP contribution in [-0.2, 0) is 6.54 Å². The molecule has 0 spiro atoms. The zero-order valence-electron chi connectivity index (χ0n) is 11.3. The van der Waals surface area contributed by atoms with Gasteiger partial charge in [-0.1, -0.05) is 67.6 Å². The van der Waals surface area contributed by atoms with Gasteiger partial charge in [0, 0.05) is 13.1 Å². The lowest BCUT2D eigenvalue weighted by Gasteiger charge is -2.23. The van der Waals surface area contributed by atoms with E-state index in [0.717, 1.165) is 19.6 Å². The highest BCUT2D eigenvalue weighted by Crippen LogP contribution is 2.21. The minimum absolute atomic E-state index is 0.0462. The number of benzene rings is 2. The van der Waals surface area contributed by atoms with Crippen LogP contribution >= 0.6 is 11.6 Å². The molecule has 0 bridgehead atoms. The van der Waals surface area contributed by atoms with Crippen molar-refractivity contribution in [3.8, 4) is 0 Å². The van der Waals surface area contributed by atoms with Gasteiger partial charge in [0.2, 0.25) is 0 Å². The van der Waals surface area contributed by atoms with Gasteiger partial charge >= 0.3 is 0 Å². The third-order valence-corrected chi connectivity index (χ3v) is 3.67. The maximum absolute atomic E-state index is 6.50. The summed E-state index contributed by atoms with van der Waals surface area (Å²) in [6, 6.07) is 20.8. The van der Waals surface area contributed by atoms with E-state index < -0.39 is 0 Å². The molecule has 0 amide bonds. The Balaban J connectivity index is 1.96. The molecule has 0 saturated heterocycles. The van der Waals surface area contributed by atoms with Crippen LogP contribution in [0.25, 0.3) is 0 Å². The van der Waals surface area contributed by atoms with E-state index >= 15 is 0 Å². The molecule has 0 aromatic heterocycles. The highest BCUT2D eigenvalue weighted by atomic mass is 35.5.